The van der Waals surface area contributed by atoms with Crippen molar-refractivity contribution < 1.29 is 40.3 Å². The van der Waals surface area contributed by atoms with E-state index < -0.39 is 27.7 Å². The summed E-state index contributed by atoms with van der Waals surface area (Å²) in [7, 11) is -5.83. The highest BCUT2D eigenvalue weighted by Gasteiger charge is 2.49. The fraction of sp³-hybridized carbons (Fsp3) is 0.875. The number of carbonyl (C=O) groups excluding carboxylic acids is 1. The van der Waals surface area contributed by atoms with Gasteiger partial charge in [0.25, 0.3) is 0 Å². The molecule has 0 fully saturated rings. The topological polar surface area (TPSA) is 78.9 Å². The van der Waals surface area contributed by atoms with Crippen LogP contribution in [-0.4, -0.2) is 32.6 Å². The normalized spacial score (nSPS) is 14.3. The van der Waals surface area contributed by atoms with Crippen LogP contribution in [0.1, 0.15) is 26.7 Å². The van der Waals surface area contributed by atoms with Gasteiger partial charge in [0.1, 0.15) is 0 Å². The van der Waals surface area contributed by atoms with E-state index in [0.717, 1.165) is 13.3 Å². The molecule has 108 valence electrons. The summed E-state index contributed by atoms with van der Waals surface area (Å²) in [5, 5.41) is 0. The van der Waals surface area contributed by atoms with Gasteiger partial charge in [0.2, 0.25) is 0 Å². The molecule has 0 aromatic carbocycles. The summed E-state index contributed by atoms with van der Waals surface area (Å²) >= 11 is 0. The highest BCUT2D eigenvalue weighted by Crippen LogP contribution is 2.25. The van der Waals surface area contributed by atoms with Gasteiger partial charge in [0.15, 0.2) is 6.10 Å². The van der Waals surface area contributed by atoms with Crippen LogP contribution in [-0.2, 0) is 28.9 Å². The molecule has 0 amide bonds. The molecule has 0 aliphatic rings. The summed E-state index contributed by atoms with van der Waals surface area (Å²) in [4.78, 5) is 19.4. The van der Waals surface area contributed by atoms with Crippen LogP contribution in [0.2, 0.25) is 0 Å². The van der Waals surface area contributed by atoms with Crippen LogP contribution in [0.15, 0.2) is 0 Å². The number of hydrogen-bond acceptors (Lipinski definition) is 6. The molecule has 18 heavy (non-hydrogen) atoms. The largest absolute Gasteiger partial charge is 0.523 e. The second-order valence-electron chi connectivity index (χ2n) is 3.22. The van der Waals surface area contributed by atoms with Crippen molar-refractivity contribution in [2.75, 3.05) is 6.61 Å². The minimum absolute atomic E-state index is 0.0565. The Morgan fingerprint density at radius 1 is 1.33 bits per heavy atom. The van der Waals surface area contributed by atoms with Crippen molar-refractivity contribution in [3.8, 4) is 0 Å². The molecule has 6 nitrogen and oxygen atoms in total. The first kappa shape index (κ1) is 17.1. The number of halogens is 3. The zero-order chi connectivity index (χ0) is 14.4. The van der Waals surface area contributed by atoms with Crippen LogP contribution in [0, 0.1) is 0 Å². The predicted molar refractivity (Wildman–Crippen MR) is 52.5 cm³/mol. The van der Waals surface area contributed by atoms with Gasteiger partial charge in [-0.2, -0.15) is 26.5 Å². The van der Waals surface area contributed by atoms with Crippen LogP contribution >= 0.6 is 0 Å². The number of rotatable bonds is 7. The van der Waals surface area contributed by atoms with E-state index in [1.54, 1.807) is 0 Å². The van der Waals surface area contributed by atoms with Gasteiger partial charge in [-0.1, -0.05) is 13.3 Å². The van der Waals surface area contributed by atoms with E-state index in [1.165, 1.54) is 0 Å². The van der Waals surface area contributed by atoms with Gasteiger partial charge in [0.05, 0.1) is 6.61 Å². The fourth-order valence-electron chi connectivity index (χ4n) is 0.655. The van der Waals surface area contributed by atoms with Gasteiger partial charge in [-0.05, 0) is 13.3 Å². The van der Waals surface area contributed by atoms with Crippen LogP contribution < -0.4 is 0 Å². The lowest BCUT2D eigenvalue weighted by atomic mass is 10.4. The minimum Gasteiger partial charge on any atom is -0.295 e. The highest BCUT2D eigenvalue weighted by molar-refractivity contribution is 7.87. The van der Waals surface area contributed by atoms with E-state index in [1.807, 2.05) is 6.92 Å². The average Bonchev–Trinajstić information content (AvgIpc) is 2.21. The Kier molecular flexibility index (Phi) is 6.57. The second-order valence-corrected chi connectivity index (χ2v) is 4.78. The summed E-state index contributed by atoms with van der Waals surface area (Å²) < 4.78 is 60.4. The van der Waals surface area contributed by atoms with Crippen LogP contribution in [0.4, 0.5) is 13.2 Å². The van der Waals surface area contributed by atoms with Gasteiger partial charge < -0.3 is 0 Å². The summed E-state index contributed by atoms with van der Waals surface area (Å²) in [6.45, 7) is 2.70. The van der Waals surface area contributed by atoms with Crippen molar-refractivity contribution in [1.29, 1.82) is 0 Å². The maximum Gasteiger partial charge on any atom is 0.523 e. The number of alkyl halides is 3. The lowest BCUT2D eigenvalue weighted by Gasteiger charge is -2.12. The highest BCUT2D eigenvalue weighted by atomic mass is 32.2. The standard InChI is InChI=1S/C8H13F3O6S/c1-3-4-5-15-16-7(12)6(2)17-18(13,14)8(9,10)11/h6H,3-5H2,1-2H3. The molecule has 0 saturated heterocycles. The lowest BCUT2D eigenvalue weighted by Crippen LogP contribution is -2.33. The zero-order valence-corrected chi connectivity index (χ0v) is 10.5. The first-order valence-corrected chi connectivity index (χ1v) is 6.35. The molecule has 0 heterocycles. The third kappa shape index (κ3) is 5.65. The molecule has 1 atom stereocenters. The third-order valence-electron chi connectivity index (χ3n) is 1.61. The van der Waals surface area contributed by atoms with Crippen molar-refractivity contribution >= 4 is 16.1 Å². The molecular formula is C8H13F3O6S. The van der Waals surface area contributed by atoms with Crippen LogP contribution in [0.5, 0.6) is 0 Å². The van der Waals surface area contributed by atoms with E-state index in [9.17, 15) is 26.4 Å². The van der Waals surface area contributed by atoms with Gasteiger partial charge in [0, 0.05) is 0 Å². The third-order valence-corrected chi connectivity index (χ3v) is 2.72. The molecule has 0 saturated carbocycles. The molecule has 0 N–H and O–H groups in total. The Labute approximate surface area is 102 Å². The Morgan fingerprint density at radius 2 is 1.89 bits per heavy atom. The first-order valence-electron chi connectivity index (χ1n) is 4.94. The van der Waals surface area contributed by atoms with Gasteiger partial charge in [-0.25, -0.2) is 8.98 Å². The Morgan fingerprint density at radius 3 is 2.33 bits per heavy atom. The van der Waals surface area contributed by atoms with Crippen molar-refractivity contribution in [3.05, 3.63) is 0 Å². The lowest BCUT2D eigenvalue weighted by molar-refractivity contribution is -0.277. The molecule has 0 bridgehead atoms. The van der Waals surface area contributed by atoms with Gasteiger partial charge in [-0.15, -0.1) is 0 Å². The maximum absolute atomic E-state index is 11.9. The van der Waals surface area contributed by atoms with E-state index >= 15 is 0 Å². The molecule has 1 unspecified atom stereocenters. The molecular weight excluding hydrogens is 281 g/mol. The van der Waals surface area contributed by atoms with E-state index in [4.69, 9.17) is 0 Å². The van der Waals surface area contributed by atoms with E-state index in [2.05, 4.69) is 14.0 Å². The fourth-order valence-corrected chi connectivity index (χ4v) is 1.22. The van der Waals surface area contributed by atoms with Crippen molar-refractivity contribution in [1.82, 2.24) is 0 Å². The summed E-state index contributed by atoms with van der Waals surface area (Å²) in [6, 6.07) is 0. The Balaban J connectivity index is 4.25. The summed E-state index contributed by atoms with van der Waals surface area (Å²) in [6.07, 6.45) is -0.617. The van der Waals surface area contributed by atoms with Gasteiger partial charge >= 0.3 is 21.6 Å². The zero-order valence-electron chi connectivity index (χ0n) is 9.69. The average molecular weight is 294 g/mol. The molecule has 10 heteroatoms. The maximum atomic E-state index is 11.9. The van der Waals surface area contributed by atoms with Crippen molar-refractivity contribution in [2.24, 2.45) is 0 Å². The van der Waals surface area contributed by atoms with Crippen LogP contribution in [0.3, 0.4) is 0 Å². The smallest absolute Gasteiger partial charge is 0.295 e. The molecule has 0 aromatic rings. The predicted octanol–water partition coefficient (Wildman–Crippen LogP) is 1.52. The number of unbranched alkanes of at least 4 members (excludes halogenated alkanes) is 1. The van der Waals surface area contributed by atoms with Crippen molar-refractivity contribution in [3.63, 3.8) is 0 Å². The Hall–Kier alpha value is -0.870. The molecule has 0 rings (SSSR count). The monoisotopic (exact) mass is 294 g/mol. The second kappa shape index (κ2) is 6.90. The first-order chi connectivity index (χ1) is 8.12. The minimum atomic E-state index is -5.83. The van der Waals surface area contributed by atoms with E-state index in [-0.39, 0.29) is 6.61 Å². The van der Waals surface area contributed by atoms with Gasteiger partial charge in [-0.3, -0.25) is 4.89 Å². The number of carbonyl (C=O) groups is 1. The molecule has 0 radical (unpaired) electrons. The SMILES string of the molecule is CCCCOOC(=O)C(C)OS(=O)(=O)C(F)(F)F. The quantitative estimate of drug-likeness (QED) is 0.233. The Bertz CT molecular complexity index is 364. The summed E-state index contributed by atoms with van der Waals surface area (Å²) in [5.41, 5.74) is -5.59. The molecule has 0 spiro atoms. The number of hydrogen-bond donors (Lipinski definition) is 0. The molecule has 0 aromatic heterocycles. The van der Waals surface area contributed by atoms with E-state index in [0.29, 0.717) is 6.42 Å². The molecule has 0 aliphatic heterocycles. The summed E-state index contributed by atoms with van der Waals surface area (Å²) in [5.74, 6) is -1.36. The van der Waals surface area contributed by atoms with Crippen LogP contribution in [0.25, 0.3) is 0 Å². The van der Waals surface area contributed by atoms with Crippen molar-refractivity contribution in [2.45, 2.75) is 38.3 Å². The molecule has 0 aliphatic carbocycles.